The van der Waals surface area contributed by atoms with Gasteiger partial charge in [-0.3, -0.25) is 4.79 Å². The topological polar surface area (TPSA) is 44.4 Å². The lowest BCUT2D eigenvalue weighted by atomic mass is 9.96. The zero-order chi connectivity index (χ0) is 14.9. The monoisotopic (exact) mass is 299 g/mol. The normalized spacial score (nSPS) is 22.7. The van der Waals surface area contributed by atoms with E-state index >= 15 is 0 Å². The van der Waals surface area contributed by atoms with Gasteiger partial charge in [-0.15, -0.1) is 0 Å². The van der Waals surface area contributed by atoms with Gasteiger partial charge >= 0.3 is 0 Å². The second kappa shape index (κ2) is 5.92. The Bertz CT molecular complexity index is 559. The number of nitrogens with zero attached hydrogens (tertiary/aromatic N) is 1. The fraction of sp³-hybridized carbons (Fsp3) is 0.611. The molecule has 4 heteroatoms. The second-order valence-electron chi connectivity index (χ2n) is 6.88. The van der Waals surface area contributed by atoms with Gasteiger partial charge in [0.1, 0.15) is 0 Å². The van der Waals surface area contributed by atoms with Crippen LogP contribution in [0, 0.1) is 0 Å². The Morgan fingerprint density at radius 3 is 2.77 bits per heavy atom. The van der Waals surface area contributed by atoms with E-state index in [-0.39, 0.29) is 5.91 Å². The van der Waals surface area contributed by atoms with Crippen molar-refractivity contribution in [3.63, 3.8) is 0 Å². The lowest BCUT2D eigenvalue weighted by Crippen LogP contribution is -2.45. The summed E-state index contributed by atoms with van der Waals surface area (Å²) in [4.78, 5) is 15.3. The molecule has 3 aliphatic rings. The molecule has 1 amide bonds. The molecule has 2 aliphatic heterocycles. The lowest BCUT2D eigenvalue weighted by Gasteiger charge is -2.32. The van der Waals surface area contributed by atoms with E-state index in [2.05, 4.69) is 21.6 Å². The third-order valence-corrected chi connectivity index (χ3v) is 5.27. The van der Waals surface area contributed by atoms with E-state index < -0.39 is 0 Å². The van der Waals surface area contributed by atoms with Crippen LogP contribution in [0.2, 0.25) is 0 Å². The van der Waals surface area contributed by atoms with Crippen LogP contribution in [0.15, 0.2) is 18.2 Å². The first-order chi connectivity index (χ1) is 10.8. The summed E-state index contributed by atoms with van der Waals surface area (Å²) in [5, 5.41) is 6.67. The van der Waals surface area contributed by atoms with Crippen LogP contribution in [0.4, 0.5) is 5.69 Å². The summed E-state index contributed by atoms with van der Waals surface area (Å²) in [6.07, 6.45) is 7.05. The summed E-state index contributed by atoms with van der Waals surface area (Å²) in [6, 6.07) is 7.24. The van der Waals surface area contributed by atoms with Gasteiger partial charge in [0.05, 0.1) is 0 Å². The molecule has 0 aromatic heterocycles. The molecule has 2 heterocycles. The molecule has 1 saturated carbocycles. The molecular formula is C18H25N3O. The number of piperidine rings is 1. The van der Waals surface area contributed by atoms with Crippen molar-refractivity contribution in [2.75, 3.05) is 25.0 Å². The van der Waals surface area contributed by atoms with Crippen molar-refractivity contribution in [3.05, 3.63) is 29.3 Å². The summed E-state index contributed by atoms with van der Waals surface area (Å²) >= 11 is 0. The molecule has 1 saturated heterocycles. The summed E-state index contributed by atoms with van der Waals surface area (Å²) in [7, 11) is 0. The summed E-state index contributed by atoms with van der Waals surface area (Å²) < 4.78 is 0. The summed E-state index contributed by atoms with van der Waals surface area (Å²) in [6.45, 7) is 3.30. The predicted octanol–water partition coefficient (Wildman–Crippen LogP) is 2.40. The molecule has 4 nitrogen and oxygen atoms in total. The van der Waals surface area contributed by atoms with E-state index in [0.717, 1.165) is 62.6 Å². The molecule has 1 aromatic carbocycles. The van der Waals surface area contributed by atoms with E-state index in [0.29, 0.717) is 6.04 Å². The largest absolute Gasteiger partial charge is 0.385 e. The molecule has 0 bridgehead atoms. The van der Waals surface area contributed by atoms with Crippen molar-refractivity contribution in [1.82, 2.24) is 10.2 Å². The Balaban J connectivity index is 1.40. The zero-order valence-corrected chi connectivity index (χ0v) is 13.1. The second-order valence-corrected chi connectivity index (χ2v) is 6.88. The van der Waals surface area contributed by atoms with E-state index in [4.69, 9.17) is 0 Å². The van der Waals surface area contributed by atoms with Gasteiger partial charge in [-0.2, -0.15) is 0 Å². The van der Waals surface area contributed by atoms with Crippen molar-refractivity contribution >= 4 is 11.6 Å². The molecule has 0 unspecified atom stereocenters. The SMILES string of the molecule is O=C(NC1CCN(C2CC2)CC1)c1cccc2c1CCCN2. The molecule has 2 N–H and O–H groups in total. The van der Waals surface area contributed by atoms with E-state index in [9.17, 15) is 4.79 Å². The van der Waals surface area contributed by atoms with Crippen molar-refractivity contribution < 1.29 is 4.79 Å². The van der Waals surface area contributed by atoms with Crippen LogP contribution in [0.3, 0.4) is 0 Å². The number of nitrogens with one attached hydrogen (secondary N) is 2. The van der Waals surface area contributed by atoms with Crippen LogP contribution >= 0.6 is 0 Å². The van der Waals surface area contributed by atoms with Crippen LogP contribution in [-0.2, 0) is 6.42 Å². The molecule has 4 rings (SSSR count). The molecule has 0 atom stereocenters. The van der Waals surface area contributed by atoms with Crippen LogP contribution in [0.5, 0.6) is 0 Å². The average Bonchev–Trinajstić information content (AvgIpc) is 3.40. The van der Waals surface area contributed by atoms with Crippen molar-refractivity contribution in [2.24, 2.45) is 0 Å². The van der Waals surface area contributed by atoms with Gasteiger partial charge in [0.15, 0.2) is 0 Å². The van der Waals surface area contributed by atoms with Gasteiger partial charge in [0.2, 0.25) is 0 Å². The molecule has 22 heavy (non-hydrogen) atoms. The average molecular weight is 299 g/mol. The number of hydrogen-bond donors (Lipinski definition) is 2. The highest BCUT2D eigenvalue weighted by Gasteiger charge is 2.32. The summed E-state index contributed by atoms with van der Waals surface area (Å²) in [5.41, 5.74) is 3.21. The van der Waals surface area contributed by atoms with Crippen LogP contribution in [0.25, 0.3) is 0 Å². The first kappa shape index (κ1) is 14.1. The third-order valence-electron chi connectivity index (χ3n) is 5.27. The maximum atomic E-state index is 12.7. The number of rotatable bonds is 3. The lowest BCUT2D eigenvalue weighted by molar-refractivity contribution is 0.0908. The minimum absolute atomic E-state index is 0.116. The van der Waals surface area contributed by atoms with Gasteiger partial charge in [-0.1, -0.05) is 6.07 Å². The smallest absolute Gasteiger partial charge is 0.251 e. The van der Waals surface area contributed by atoms with Crippen LogP contribution in [0.1, 0.15) is 48.0 Å². The number of benzene rings is 1. The van der Waals surface area contributed by atoms with Gasteiger partial charge < -0.3 is 15.5 Å². The first-order valence-electron chi connectivity index (χ1n) is 8.72. The van der Waals surface area contributed by atoms with E-state index in [1.54, 1.807) is 0 Å². The Kier molecular flexibility index (Phi) is 3.78. The number of fused-ring (bicyclic) bond motifs is 1. The standard InChI is InChI=1S/C18H25N3O/c22-18(16-3-1-5-17-15(16)4-2-10-19-17)20-13-8-11-21(12-9-13)14-6-7-14/h1,3,5,13-14,19H,2,4,6-12H2,(H,20,22). The molecule has 1 aliphatic carbocycles. The first-order valence-corrected chi connectivity index (χ1v) is 8.72. The van der Waals surface area contributed by atoms with Crippen LogP contribution in [-0.4, -0.2) is 42.5 Å². The Morgan fingerprint density at radius 1 is 1.18 bits per heavy atom. The minimum atomic E-state index is 0.116. The number of amides is 1. The van der Waals surface area contributed by atoms with Crippen molar-refractivity contribution in [3.8, 4) is 0 Å². The fourth-order valence-electron chi connectivity index (χ4n) is 3.83. The van der Waals surface area contributed by atoms with Gasteiger partial charge in [0, 0.05) is 43.0 Å². The predicted molar refractivity (Wildman–Crippen MR) is 88.3 cm³/mol. The van der Waals surface area contributed by atoms with Crippen LogP contribution < -0.4 is 10.6 Å². The number of anilines is 1. The van der Waals surface area contributed by atoms with E-state index in [1.165, 1.54) is 18.4 Å². The van der Waals surface area contributed by atoms with Crippen molar-refractivity contribution in [2.45, 2.75) is 50.6 Å². The molecule has 118 valence electrons. The Labute approximate surface area is 132 Å². The Morgan fingerprint density at radius 2 is 2.00 bits per heavy atom. The van der Waals surface area contributed by atoms with E-state index in [1.807, 2.05) is 12.1 Å². The highest BCUT2D eigenvalue weighted by Crippen LogP contribution is 2.29. The number of hydrogen-bond acceptors (Lipinski definition) is 3. The number of likely N-dealkylation sites (tertiary alicyclic amines) is 1. The minimum Gasteiger partial charge on any atom is -0.385 e. The quantitative estimate of drug-likeness (QED) is 0.901. The van der Waals surface area contributed by atoms with Gasteiger partial charge in [-0.25, -0.2) is 0 Å². The van der Waals surface area contributed by atoms with Gasteiger partial charge in [0.25, 0.3) is 5.91 Å². The molecular weight excluding hydrogens is 274 g/mol. The molecule has 0 spiro atoms. The molecule has 0 radical (unpaired) electrons. The highest BCUT2D eigenvalue weighted by molar-refractivity contribution is 5.97. The van der Waals surface area contributed by atoms with Crippen molar-refractivity contribution in [1.29, 1.82) is 0 Å². The van der Waals surface area contributed by atoms with Gasteiger partial charge in [-0.05, 0) is 56.2 Å². The Hall–Kier alpha value is -1.55. The maximum absolute atomic E-state index is 12.7. The number of carbonyl (C=O) groups is 1. The summed E-state index contributed by atoms with van der Waals surface area (Å²) in [5.74, 6) is 0.116. The zero-order valence-electron chi connectivity index (χ0n) is 13.1. The fourth-order valence-corrected chi connectivity index (χ4v) is 3.83. The maximum Gasteiger partial charge on any atom is 0.251 e. The number of carbonyl (C=O) groups excluding carboxylic acids is 1. The molecule has 1 aromatic rings. The molecule has 2 fully saturated rings. The highest BCUT2D eigenvalue weighted by atomic mass is 16.1. The third kappa shape index (κ3) is 2.84.